The second kappa shape index (κ2) is 9.78. The molecule has 1 amide bonds. The molecule has 10 nitrogen and oxygen atoms in total. The summed E-state index contributed by atoms with van der Waals surface area (Å²) in [6.45, 7) is 8.81. The van der Waals surface area contributed by atoms with Crippen LogP contribution in [-0.2, 0) is 44.2 Å². The molecule has 2 aliphatic heterocycles. The van der Waals surface area contributed by atoms with Crippen molar-refractivity contribution in [2.75, 3.05) is 13.3 Å². The van der Waals surface area contributed by atoms with Crippen LogP contribution in [0.25, 0.3) is 22.3 Å². The first-order chi connectivity index (χ1) is 19.5. The summed E-state index contributed by atoms with van der Waals surface area (Å²) in [5.41, 5.74) is 3.01. The van der Waals surface area contributed by atoms with Crippen molar-refractivity contribution in [1.29, 1.82) is 0 Å². The highest BCUT2D eigenvalue weighted by atomic mass is 19.1. The number of pyridine rings is 2. The molecule has 41 heavy (non-hydrogen) atoms. The Bertz CT molecular complexity index is 1730. The number of hydrogen-bond donors (Lipinski definition) is 3. The van der Waals surface area contributed by atoms with Crippen LogP contribution in [0.4, 0.5) is 4.39 Å². The number of esters is 1. The van der Waals surface area contributed by atoms with E-state index in [1.54, 1.807) is 31.4 Å². The molecule has 3 N–H and O–H groups in total. The Morgan fingerprint density at radius 1 is 1.32 bits per heavy atom. The third-order valence-corrected chi connectivity index (χ3v) is 8.42. The summed E-state index contributed by atoms with van der Waals surface area (Å²) in [6, 6.07) is 2.59. The van der Waals surface area contributed by atoms with Gasteiger partial charge in [-0.25, -0.2) is 14.2 Å². The zero-order valence-corrected chi connectivity index (χ0v) is 23.1. The fourth-order valence-electron chi connectivity index (χ4n) is 6.25. The van der Waals surface area contributed by atoms with E-state index in [9.17, 15) is 19.5 Å². The van der Waals surface area contributed by atoms with E-state index in [0.29, 0.717) is 35.3 Å². The van der Waals surface area contributed by atoms with Gasteiger partial charge in [0.05, 0.1) is 35.1 Å². The summed E-state index contributed by atoms with van der Waals surface area (Å²) in [7, 11) is 0. The van der Waals surface area contributed by atoms with Crippen molar-refractivity contribution in [2.45, 2.75) is 64.8 Å². The number of ether oxygens (including phenoxy) is 2. The maximum absolute atomic E-state index is 15.0. The van der Waals surface area contributed by atoms with Crippen molar-refractivity contribution in [3.8, 4) is 11.4 Å². The number of hydrogen-bond acceptors (Lipinski definition) is 8. The Hall–Kier alpha value is -4.09. The maximum atomic E-state index is 15.0. The van der Waals surface area contributed by atoms with Crippen molar-refractivity contribution < 1.29 is 28.6 Å². The SMILES string of the molecule is C=C(C)NCOCC(=O)N[C@H]1CCc2c(C)c(F)cc3nc4c(c1c23)Cn1c-4cc2c(c1=O)COC(=O)[C@]2(O)CC. The summed E-state index contributed by atoms with van der Waals surface area (Å²) in [4.78, 5) is 44.0. The minimum absolute atomic E-state index is 0.0247. The smallest absolute Gasteiger partial charge is 0.343 e. The number of halogens is 1. The number of nitrogens with one attached hydrogen (secondary N) is 2. The van der Waals surface area contributed by atoms with Crippen LogP contribution in [0.15, 0.2) is 29.2 Å². The van der Waals surface area contributed by atoms with Crippen LogP contribution in [-0.4, -0.2) is 39.9 Å². The van der Waals surface area contributed by atoms with Gasteiger partial charge in [0, 0.05) is 28.3 Å². The van der Waals surface area contributed by atoms with E-state index in [4.69, 9.17) is 14.5 Å². The van der Waals surface area contributed by atoms with Gasteiger partial charge < -0.3 is 29.8 Å². The second-order valence-corrected chi connectivity index (χ2v) is 10.9. The number of benzene rings is 1. The molecule has 214 valence electrons. The van der Waals surface area contributed by atoms with Crippen LogP contribution in [0.1, 0.15) is 66.1 Å². The number of carbonyl (C=O) groups excluding carboxylic acids is 2. The van der Waals surface area contributed by atoms with Crippen molar-refractivity contribution in [1.82, 2.24) is 20.2 Å². The van der Waals surface area contributed by atoms with Crippen LogP contribution in [0.2, 0.25) is 0 Å². The van der Waals surface area contributed by atoms with E-state index in [1.807, 2.05) is 0 Å². The number of amides is 1. The van der Waals surface area contributed by atoms with Crippen molar-refractivity contribution >= 4 is 22.8 Å². The van der Waals surface area contributed by atoms with Gasteiger partial charge in [-0.05, 0) is 55.9 Å². The number of cyclic esters (lactones) is 1. The first kappa shape index (κ1) is 27.1. The standard InChI is InChI=1S/C30H31FN4O6/c1-5-30(39)19-8-23-27-17(10-35(23)28(37)18(19)11-41-29(30)38)26-21(33-24(36)12-40-13-32-14(2)3)7-6-16-15(4)20(31)9-22(34-27)25(16)26/h8-9,21,32,39H,2,5-7,10-13H2,1,3-4H3,(H,33,36)/t21-,30-/m0/s1. The Morgan fingerprint density at radius 3 is 2.83 bits per heavy atom. The summed E-state index contributed by atoms with van der Waals surface area (Å²) in [5.74, 6) is -1.50. The number of nitrogens with zero attached hydrogens (tertiary/aromatic N) is 2. The van der Waals surface area contributed by atoms with Gasteiger partial charge in [-0.2, -0.15) is 0 Å². The van der Waals surface area contributed by atoms with Gasteiger partial charge in [0.1, 0.15) is 25.8 Å². The van der Waals surface area contributed by atoms with E-state index in [0.717, 1.165) is 27.8 Å². The molecule has 0 saturated carbocycles. The second-order valence-electron chi connectivity index (χ2n) is 10.9. The van der Waals surface area contributed by atoms with Crippen LogP contribution in [0.5, 0.6) is 0 Å². The Kier molecular flexibility index (Phi) is 6.46. The van der Waals surface area contributed by atoms with Crippen LogP contribution in [0, 0.1) is 12.7 Å². The molecule has 2 atom stereocenters. The lowest BCUT2D eigenvalue weighted by atomic mass is 9.81. The van der Waals surface area contributed by atoms with Gasteiger partial charge in [0.2, 0.25) is 5.91 Å². The van der Waals surface area contributed by atoms with Gasteiger partial charge in [-0.15, -0.1) is 0 Å². The summed E-state index contributed by atoms with van der Waals surface area (Å²) < 4.78 is 27.2. The number of aliphatic hydroxyl groups is 1. The zero-order chi connectivity index (χ0) is 29.2. The van der Waals surface area contributed by atoms with E-state index in [2.05, 4.69) is 17.2 Å². The maximum Gasteiger partial charge on any atom is 0.343 e. The first-order valence-electron chi connectivity index (χ1n) is 13.6. The molecule has 0 spiro atoms. The van der Waals surface area contributed by atoms with Gasteiger partial charge in [-0.1, -0.05) is 13.5 Å². The molecule has 4 heterocycles. The van der Waals surface area contributed by atoms with Crippen molar-refractivity contribution in [3.05, 3.63) is 74.0 Å². The van der Waals surface area contributed by atoms with E-state index in [1.165, 1.54) is 6.07 Å². The van der Waals surface area contributed by atoms with Gasteiger partial charge in [-0.3, -0.25) is 9.59 Å². The highest BCUT2D eigenvalue weighted by Gasteiger charge is 2.46. The number of aromatic nitrogens is 2. The Morgan fingerprint density at radius 2 is 2.10 bits per heavy atom. The lowest BCUT2D eigenvalue weighted by molar-refractivity contribution is -0.172. The number of allylic oxidation sites excluding steroid dienone is 1. The largest absolute Gasteiger partial charge is 0.458 e. The minimum Gasteiger partial charge on any atom is -0.458 e. The molecule has 0 radical (unpaired) electrons. The molecule has 2 aromatic heterocycles. The molecule has 6 rings (SSSR count). The topological polar surface area (TPSA) is 132 Å². The fourth-order valence-corrected chi connectivity index (χ4v) is 6.25. The van der Waals surface area contributed by atoms with E-state index in [-0.39, 0.29) is 61.3 Å². The number of fused-ring (bicyclic) bond motifs is 5. The molecule has 1 aromatic carbocycles. The summed E-state index contributed by atoms with van der Waals surface area (Å²) in [6.07, 6.45) is 1.09. The van der Waals surface area contributed by atoms with Crippen LogP contribution < -0.4 is 16.2 Å². The molecule has 11 heteroatoms. The fraction of sp³-hybridized carbons (Fsp3) is 0.400. The lowest BCUT2D eigenvalue weighted by Crippen LogP contribution is -2.44. The summed E-state index contributed by atoms with van der Waals surface area (Å²) >= 11 is 0. The highest BCUT2D eigenvalue weighted by Crippen LogP contribution is 2.45. The molecule has 0 bridgehead atoms. The van der Waals surface area contributed by atoms with Crippen molar-refractivity contribution in [2.24, 2.45) is 0 Å². The monoisotopic (exact) mass is 562 g/mol. The Labute approximate surface area is 235 Å². The van der Waals surface area contributed by atoms with Gasteiger partial charge in [0.25, 0.3) is 5.56 Å². The lowest BCUT2D eigenvalue weighted by Gasteiger charge is -2.31. The molecule has 0 unspecified atom stereocenters. The molecule has 0 fully saturated rings. The predicted octanol–water partition coefficient (Wildman–Crippen LogP) is 2.73. The minimum atomic E-state index is -1.96. The van der Waals surface area contributed by atoms with E-state index >= 15 is 4.39 Å². The van der Waals surface area contributed by atoms with Gasteiger partial charge in [0.15, 0.2) is 5.60 Å². The van der Waals surface area contributed by atoms with Crippen LogP contribution >= 0.6 is 0 Å². The average molecular weight is 563 g/mol. The van der Waals surface area contributed by atoms with E-state index < -0.39 is 17.6 Å². The molecule has 3 aliphatic rings. The molecule has 0 saturated heterocycles. The Balaban J connectivity index is 1.49. The highest BCUT2D eigenvalue weighted by molar-refractivity contribution is 5.94. The van der Waals surface area contributed by atoms with Crippen LogP contribution in [0.3, 0.4) is 0 Å². The molecule has 1 aliphatic carbocycles. The molecular formula is C30H31FN4O6. The third kappa shape index (κ3) is 4.14. The molecule has 3 aromatic rings. The number of rotatable bonds is 7. The average Bonchev–Trinajstić information content (AvgIpc) is 3.31. The number of carbonyl (C=O) groups is 2. The molecular weight excluding hydrogens is 531 g/mol. The zero-order valence-electron chi connectivity index (χ0n) is 23.1. The number of aryl methyl sites for hydroxylation is 1. The normalized spacial score (nSPS) is 20.2. The summed E-state index contributed by atoms with van der Waals surface area (Å²) in [5, 5.41) is 17.9. The third-order valence-electron chi connectivity index (χ3n) is 8.42. The predicted molar refractivity (Wildman–Crippen MR) is 147 cm³/mol. The first-order valence-corrected chi connectivity index (χ1v) is 13.6. The van der Waals surface area contributed by atoms with Crippen molar-refractivity contribution in [3.63, 3.8) is 0 Å². The van der Waals surface area contributed by atoms with Gasteiger partial charge >= 0.3 is 5.97 Å². The quantitative estimate of drug-likeness (QED) is 0.178.